The number of ketones is 1. The molecule has 1 aliphatic rings. The summed E-state index contributed by atoms with van der Waals surface area (Å²) >= 11 is 0. The third kappa shape index (κ3) is 2.09. The van der Waals surface area contributed by atoms with Crippen LogP contribution >= 0.6 is 0 Å². The van der Waals surface area contributed by atoms with Crippen molar-refractivity contribution in [2.75, 3.05) is 0 Å². The van der Waals surface area contributed by atoms with Gasteiger partial charge in [-0.1, -0.05) is 66.7 Å². The maximum absolute atomic E-state index is 11.9. The van der Waals surface area contributed by atoms with Gasteiger partial charge in [-0.15, -0.1) is 0 Å². The summed E-state index contributed by atoms with van der Waals surface area (Å²) < 4.78 is 0. The molecule has 0 saturated carbocycles. The average Bonchev–Trinajstić information content (AvgIpc) is 2.52. The molecular weight excluding hydrogens is 244 g/mol. The molecule has 1 aliphatic carbocycles. The molecule has 0 fully saturated rings. The Morgan fingerprint density at radius 3 is 1.80 bits per heavy atom. The number of hydrogen-bond acceptors (Lipinski definition) is 1. The van der Waals surface area contributed by atoms with Crippen LogP contribution in [0, 0.1) is 0 Å². The van der Waals surface area contributed by atoms with Gasteiger partial charge in [0.2, 0.25) is 0 Å². The van der Waals surface area contributed by atoms with E-state index in [2.05, 4.69) is 54.6 Å². The zero-order valence-corrected chi connectivity index (χ0v) is 11.7. The normalized spacial score (nSPS) is 17.6. The third-order valence-electron chi connectivity index (χ3n) is 4.23. The van der Waals surface area contributed by atoms with Crippen molar-refractivity contribution in [3.63, 3.8) is 0 Å². The van der Waals surface area contributed by atoms with Crippen LogP contribution in [-0.4, -0.2) is 5.78 Å². The van der Waals surface area contributed by atoms with Crippen molar-refractivity contribution in [1.82, 2.24) is 0 Å². The number of rotatable bonds is 2. The first kappa shape index (κ1) is 12.9. The zero-order chi connectivity index (χ0) is 14.0. The number of carbonyl (C=O) groups is 1. The largest absolute Gasteiger partial charge is 0.295 e. The van der Waals surface area contributed by atoms with Crippen LogP contribution in [-0.2, 0) is 10.2 Å². The van der Waals surface area contributed by atoms with Crippen molar-refractivity contribution in [3.05, 3.63) is 83.4 Å². The first-order valence-corrected chi connectivity index (χ1v) is 7.06. The first-order valence-electron chi connectivity index (χ1n) is 7.06. The zero-order valence-electron chi connectivity index (χ0n) is 11.7. The summed E-state index contributed by atoms with van der Waals surface area (Å²) in [5, 5.41) is 0. The second-order valence-corrected chi connectivity index (χ2v) is 5.45. The Balaban J connectivity index is 2.22. The quantitative estimate of drug-likeness (QED) is 0.789. The van der Waals surface area contributed by atoms with Gasteiger partial charge in [-0.2, -0.15) is 0 Å². The molecule has 0 aromatic heterocycles. The van der Waals surface area contributed by atoms with E-state index in [-0.39, 0.29) is 11.2 Å². The van der Waals surface area contributed by atoms with E-state index in [0.717, 1.165) is 12.0 Å². The second kappa shape index (κ2) is 5.09. The van der Waals surface area contributed by atoms with Crippen molar-refractivity contribution in [2.24, 2.45) is 0 Å². The minimum atomic E-state index is -0.166. The number of Topliss-reactive ketones (excluding diaryl/α,β-unsaturated/α-hetero) is 1. The smallest absolute Gasteiger partial charge is 0.158 e. The lowest BCUT2D eigenvalue weighted by molar-refractivity contribution is -0.116. The Morgan fingerprint density at radius 1 is 0.850 bits per heavy atom. The molecule has 0 radical (unpaired) electrons. The molecule has 0 atom stereocenters. The van der Waals surface area contributed by atoms with Crippen LogP contribution in [0.5, 0.6) is 0 Å². The number of hydrogen-bond donors (Lipinski definition) is 0. The van der Waals surface area contributed by atoms with Gasteiger partial charge in [0, 0.05) is 11.8 Å². The Hall–Kier alpha value is -2.15. The minimum absolute atomic E-state index is 0.166. The average molecular weight is 262 g/mol. The van der Waals surface area contributed by atoms with Crippen molar-refractivity contribution in [3.8, 4) is 0 Å². The van der Waals surface area contributed by atoms with Crippen molar-refractivity contribution in [1.29, 1.82) is 0 Å². The predicted octanol–water partition coefficient (Wildman–Crippen LogP) is 4.28. The van der Waals surface area contributed by atoms with E-state index in [0.29, 0.717) is 6.42 Å². The van der Waals surface area contributed by atoms with E-state index >= 15 is 0 Å². The second-order valence-electron chi connectivity index (χ2n) is 5.45. The maximum atomic E-state index is 11.9. The topological polar surface area (TPSA) is 17.1 Å². The number of carbonyl (C=O) groups excluding carboxylic acids is 1. The Labute approximate surface area is 120 Å². The van der Waals surface area contributed by atoms with Crippen molar-refractivity contribution < 1.29 is 4.79 Å². The highest BCUT2D eigenvalue weighted by atomic mass is 16.1. The highest BCUT2D eigenvalue weighted by molar-refractivity contribution is 5.96. The van der Waals surface area contributed by atoms with Crippen LogP contribution in [0.2, 0.25) is 0 Å². The fraction of sp³-hybridized carbons (Fsp3) is 0.211. The lowest BCUT2D eigenvalue weighted by atomic mass is 9.67. The molecule has 100 valence electrons. The van der Waals surface area contributed by atoms with Gasteiger partial charge in [0.05, 0.1) is 0 Å². The molecule has 0 bridgehead atoms. The van der Waals surface area contributed by atoms with Crippen LogP contribution in [0.4, 0.5) is 0 Å². The Morgan fingerprint density at radius 2 is 1.35 bits per heavy atom. The standard InChI is InChI=1S/C19H18O/c1-15-14-19(13-12-18(15)20,16-8-4-2-5-9-16)17-10-6-3-7-11-17/h2-11,14H,12-13H2,1H3. The van der Waals surface area contributed by atoms with Crippen LogP contribution in [0.1, 0.15) is 30.9 Å². The summed E-state index contributed by atoms with van der Waals surface area (Å²) in [7, 11) is 0. The molecule has 1 nitrogen and oxygen atoms in total. The number of benzene rings is 2. The number of allylic oxidation sites excluding steroid dienone is 2. The van der Waals surface area contributed by atoms with E-state index in [1.54, 1.807) is 0 Å². The van der Waals surface area contributed by atoms with Crippen LogP contribution < -0.4 is 0 Å². The molecule has 3 rings (SSSR count). The fourth-order valence-electron chi connectivity index (χ4n) is 3.12. The summed E-state index contributed by atoms with van der Waals surface area (Å²) in [6.45, 7) is 1.93. The van der Waals surface area contributed by atoms with Gasteiger partial charge < -0.3 is 0 Å². The van der Waals surface area contributed by atoms with E-state index < -0.39 is 0 Å². The van der Waals surface area contributed by atoms with Gasteiger partial charge in [0.1, 0.15) is 0 Å². The molecule has 0 spiro atoms. The van der Waals surface area contributed by atoms with E-state index in [9.17, 15) is 4.79 Å². The third-order valence-corrected chi connectivity index (χ3v) is 4.23. The van der Waals surface area contributed by atoms with Crippen molar-refractivity contribution in [2.45, 2.75) is 25.2 Å². The van der Waals surface area contributed by atoms with Crippen LogP contribution in [0.15, 0.2) is 72.3 Å². The maximum Gasteiger partial charge on any atom is 0.158 e. The van der Waals surface area contributed by atoms with Gasteiger partial charge in [-0.25, -0.2) is 0 Å². The van der Waals surface area contributed by atoms with E-state index in [1.807, 2.05) is 19.1 Å². The monoisotopic (exact) mass is 262 g/mol. The van der Waals surface area contributed by atoms with Gasteiger partial charge >= 0.3 is 0 Å². The van der Waals surface area contributed by atoms with Gasteiger partial charge in [-0.3, -0.25) is 4.79 Å². The predicted molar refractivity (Wildman–Crippen MR) is 81.7 cm³/mol. The Bertz CT molecular complexity index is 598. The molecule has 2 aromatic rings. The lowest BCUT2D eigenvalue weighted by Crippen LogP contribution is -2.30. The van der Waals surface area contributed by atoms with Crippen molar-refractivity contribution >= 4 is 5.78 Å². The SMILES string of the molecule is CC1=CC(c2ccccc2)(c2ccccc2)CCC1=O. The highest BCUT2D eigenvalue weighted by Gasteiger charge is 2.36. The fourth-order valence-corrected chi connectivity index (χ4v) is 3.12. The summed E-state index contributed by atoms with van der Waals surface area (Å²) in [4.78, 5) is 11.9. The van der Waals surface area contributed by atoms with Gasteiger partial charge in [0.15, 0.2) is 5.78 Å². The Kier molecular flexibility index (Phi) is 3.27. The molecule has 0 N–H and O–H groups in total. The van der Waals surface area contributed by atoms with Gasteiger partial charge in [-0.05, 0) is 30.0 Å². The summed E-state index contributed by atoms with van der Waals surface area (Å²) in [5.41, 5.74) is 3.24. The first-order chi connectivity index (χ1) is 9.72. The summed E-state index contributed by atoms with van der Waals surface area (Å²) in [6.07, 6.45) is 3.62. The molecule has 0 unspecified atom stereocenters. The molecule has 0 heterocycles. The molecular formula is C19H18O. The lowest BCUT2D eigenvalue weighted by Gasteiger charge is -2.35. The molecule has 1 heteroatoms. The van der Waals surface area contributed by atoms with E-state index in [4.69, 9.17) is 0 Å². The molecule has 2 aromatic carbocycles. The molecule has 0 saturated heterocycles. The molecule has 0 amide bonds. The van der Waals surface area contributed by atoms with Crippen LogP contribution in [0.25, 0.3) is 0 Å². The van der Waals surface area contributed by atoms with Crippen LogP contribution in [0.3, 0.4) is 0 Å². The molecule has 20 heavy (non-hydrogen) atoms. The minimum Gasteiger partial charge on any atom is -0.295 e. The van der Waals surface area contributed by atoms with Gasteiger partial charge in [0.25, 0.3) is 0 Å². The molecule has 0 aliphatic heterocycles. The summed E-state index contributed by atoms with van der Waals surface area (Å²) in [6, 6.07) is 21.0. The summed E-state index contributed by atoms with van der Waals surface area (Å²) in [5.74, 6) is 0.271. The highest BCUT2D eigenvalue weighted by Crippen LogP contribution is 2.41. The van der Waals surface area contributed by atoms with E-state index in [1.165, 1.54) is 11.1 Å².